The van der Waals surface area contributed by atoms with Crippen molar-refractivity contribution >= 4 is 0 Å². The van der Waals surface area contributed by atoms with Gasteiger partial charge in [-0.1, -0.05) is 13.3 Å². The Bertz CT molecular complexity index is 270. The van der Waals surface area contributed by atoms with Crippen molar-refractivity contribution in [1.29, 1.82) is 0 Å². The number of rotatable bonds is 8. The SMILES string of the molecule is CCNC(CCC(C)(C)OC)C(C)(C)N1CCCCC1. The highest BCUT2D eigenvalue weighted by molar-refractivity contribution is 4.95. The molecule has 0 amide bonds. The van der Waals surface area contributed by atoms with Crippen molar-refractivity contribution in [3.63, 3.8) is 0 Å². The van der Waals surface area contributed by atoms with Crippen LogP contribution in [0.1, 0.15) is 66.7 Å². The van der Waals surface area contributed by atoms with Gasteiger partial charge in [0.1, 0.15) is 0 Å². The molecule has 0 bridgehead atoms. The highest BCUT2D eigenvalue weighted by Crippen LogP contribution is 2.28. The molecule has 0 spiro atoms. The van der Waals surface area contributed by atoms with Crippen LogP contribution in [0.15, 0.2) is 0 Å². The molecular formula is C17H36N2O. The average Bonchev–Trinajstić information content (AvgIpc) is 2.44. The molecule has 1 aliphatic rings. The predicted octanol–water partition coefficient (Wildman–Crippen LogP) is 3.43. The third-order valence-electron chi connectivity index (χ3n) is 5.06. The Morgan fingerprint density at radius 3 is 2.20 bits per heavy atom. The minimum atomic E-state index is -0.0222. The molecule has 3 nitrogen and oxygen atoms in total. The number of ether oxygens (including phenoxy) is 1. The zero-order valence-corrected chi connectivity index (χ0v) is 14.6. The molecule has 0 aromatic heterocycles. The molecule has 20 heavy (non-hydrogen) atoms. The van der Waals surface area contributed by atoms with E-state index in [9.17, 15) is 0 Å². The summed E-state index contributed by atoms with van der Waals surface area (Å²) in [7, 11) is 1.82. The number of piperidine rings is 1. The summed E-state index contributed by atoms with van der Waals surface area (Å²) in [6.45, 7) is 14.9. The first-order chi connectivity index (χ1) is 9.33. The van der Waals surface area contributed by atoms with Crippen molar-refractivity contribution in [2.45, 2.75) is 83.9 Å². The Kier molecular flexibility index (Phi) is 6.96. The minimum Gasteiger partial charge on any atom is -0.379 e. The highest BCUT2D eigenvalue weighted by atomic mass is 16.5. The van der Waals surface area contributed by atoms with E-state index < -0.39 is 0 Å². The normalized spacial score (nSPS) is 20.1. The molecule has 1 heterocycles. The fourth-order valence-electron chi connectivity index (χ4n) is 3.24. The summed E-state index contributed by atoms with van der Waals surface area (Å²) in [5.74, 6) is 0. The molecule has 0 radical (unpaired) electrons. The van der Waals surface area contributed by atoms with E-state index in [4.69, 9.17) is 4.74 Å². The van der Waals surface area contributed by atoms with Gasteiger partial charge in [-0.3, -0.25) is 4.90 Å². The summed E-state index contributed by atoms with van der Waals surface area (Å²) in [5, 5.41) is 3.72. The van der Waals surface area contributed by atoms with Gasteiger partial charge in [-0.05, 0) is 73.0 Å². The summed E-state index contributed by atoms with van der Waals surface area (Å²) in [5.41, 5.74) is 0.200. The number of likely N-dealkylation sites (tertiary alicyclic amines) is 1. The number of nitrogens with zero attached hydrogens (tertiary/aromatic N) is 1. The molecular weight excluding hydrogens is 248 g/mol. The first kappa shape index (κ1) is 17.9. The maximum atomic E-state index is 5.58. The van der Waals surface area contributed by atoms with E-state index in [1.54, 1.807) is 0 Å². The van der Waals surface area contributed by atoms with Crippen molar-refractivity contribution in [3.05, 3.63) is 0 Å². The molecule has 1 N–H and O–H groups in total. The van der Waals surface area contributed by atoms with E-state index in [-0.39, 0.29) is 11.1 Å². The monoisotopic (exact) mass is 284 g/mol. The van der Waals surface area contributed by atoms with Gasteiger partial charge in [0.25, 0.3) is 0 Å². The van der Waals surface area contributed by atoms with Crippen LogP contribution < -0.4 is 5.32 Å². The van der Waals surface area contributed by atoms with Crippen molar-refractivity contribution < 1.29 is 4.74 Å². The van der Waals surface area contributed by atoms with Crippen molar-refractivity contribution in [2.24, 2.45) is 0 Å². The van der Waals surface area contributed by atoms with Gasteiger partial charge in [-0.2, -0.15) is 0 Å². The Morgan fingerprint density at radius 2 is 1.70 bits per heavy atom. The van der Waals surface area contributed by atoms with Crippen LogP contribution in [-0.2, 0) is 4.74 Å². The van der Waals surface area contributed by atoms with Gasteiger partial charge < -0.3 is 10.1 Å². The third kappa shape index (κ3) is 5.01. The van der Waals surface area contributed by atoms with E-state index in [1.165, 1.54) is 32.4 Å². The lowest BCUT2D eigenvalue weighted by Gasteiger charge is -2.47. The molecule has 1 aliphatic heterocycles. The Labute approximate surface area is 126 Å². The summed E-state index contributed by atoms with van der Waals surface area (Å²) < 4.78 is 5.58. The second-order valence-electron chi connectivity index (χ2n) is 7.31. The standard InChI is InChI=1S/C17H36N2O/c1-7-18-15(11-12-16(2,3)20-6)17(4,5)19-13-9-8-10-14-19/h15,18H,7-14H2,1-6H3. The fourth-order valence-corrected chi connectivity index (χ4v) is 3.24. The molecule has 1 unspecified atom stereocenters. The van der Waals surface area contributed by atoms with Gasteiger partial charge in [-0.25, -0.2) is 0 Å². The Balaban J connectivity index is 2.66. The minimum absolute atomic E-state index is 0.0222. The van der Waals surface area contributed by atoms with Gasteiger partial charge in [0.15, 0.2) is 0 Å². The van der Waals surface area contributed by atoms with Gasteiger partial charge in [0.05, 0.1) is 5.60 Å². The van der Waals surface area contributed by atoms with Crippen molar-refractivity contribution in [3.8, 4) is 0 Å². The maximum absolute atomic E-state index is 5.58. The molecule has 1 saturated heterocycles. The molecule has 0 aromatic rings. The Hall–Kier alpha value is -0.120. The largest absolute Gasteiger partial charge is 0.379 e. The molecule has 1 rings (SSSR count). The lowest BCUT2D eigenvalue weighted by atomic mass is 9.85. The third-order valence-corrected chi connectivity index (χ3v) is 5.06. The van der Waals surface area contributed by atoms with Crippen LogP contribution in [0.5, 0.6) is 0 Å². The van der Waals surface area contributed by atoms with Crippen molar-refractivity contribution in [2.75, 3.05) is 26.7 Å². The lowest BCUT2D eigenvalue weighted by Crippen LogP contribution is -2.59. The number of likely N-dealkylation sites (N-methyl/N-ethyl adjacent to an activating group) is 1. The first-order valence-corrected chi connectivity index (χ1v) is 8.37. The summed E-state index contributed by atoms with van der Waals surface area (Å²) in [4.78, 5) is 2.68. The lowest BCUT2D eigenvalue weighted by molar-refractivity contribution is 0.000831. The zero-order chi connectivity index (χ0) is 15.2. The number of nitrogens with one attached hydrogen (secondary N) is 1. The van der Waals surface area contributed by atoms with Gasteiger partial charge >= 0.3 is 0 Å². The van der Waals surface area contributed by atoms with Gasteiger partial charge in [-0.15, -0.1) is 0 Å². The Morgan fingerprint density at radius 1 is 1.10 bits per heavy atom. The summed E-state index contributed by atoms with van der Waals surface area (Å²) in [6, 6.07) is 0.528. The van der Waals surface area contributed by atoms with Gasteiger partial charge in [0.2, 0.25) is 0 Å². The second-order valence-corrected chi connectivity index (χ2v) is 7.31. The summed E-state index contributed by atoms with van der Waals surface area (Å²) >= 11 is 0. The smallest absolute Gasteiger partial charge is 0.0623 e. The molecule has 1 atom stereocenters. The number of hydrogen-bond acceptors (Lipinski definition) is 3. The molecule has 3 heteroatoms. The van der Waals surface area contributed by atoms with Crippen molar-refractivity contribution in [1.82, 2.24) is 10.2 Å². The van der Waals surface area contributed by atoms with Crippen LogP contribution >= 0.6 is 0 Å². The van der Waals surface area contributed by atoms with Crippen LogP contribution in [0.3, 0.4) is 0 Å². The van der Waals surface area contributed by atoms with E-state index >= 15 is 0 Å². The van der Waals surface area contributed by atoms with Crippen LogP contribution in [0.2, 0.25) is 0 Å². The highest BCUT2D eigenvalue weighted by Gasteiger charge is 2.36. The average molecular weight is 284 g/mol. The van der Waals surface area contributed by atoms with E-state index in [2.05, 4.69) is 44.8 Å². The van der Waals surface area contributed by atoms with Crippen LogP contribution in [0.4, 0.5) is 0 Å². The molecule has 0 saturated carbocycles. The molecule has 0 aliphatic carbocycles. The van der Waals surface area contributed by atoms with Crippen LogP contribution in [-0.4, -0.2) is 48.8 Å². The molecule has 120 valence electrons. The van der Waals surface area contributed by atoms with E-state index in [0.29, 0.717) is 6.04 Å². The first-order valence-electron chi connectivity index (χ1n) is 8.37. The van der Waals surface area contributed by atoms with E-state index in [0.717, 1.165) is 19.4 Å². The topological polar surface area (TPSA) is 24.5 Å². The molecule has 1 fully saturated rings. The number of hydrogen-bond donors (Lipinski definition) is 1. The van der Waals surface area contributed by atoms with Crippen LogP contribution in [0, 0.1) is 0 Å². The quantitative estimate of drug-likeness (QED) is 0.739. The maximum Gasteiger partial charge on any atom is 0.0623 e. The summed E-state index contributed by atoms with van der Waals surface area (Å²) in [6.07, 6.45) is 6.36. The van der Waals surface area contributed by atoms with E-state index in [1.807, 2.05) is 7.11 Å². The van der Waals surface area contributed by atoms with Crippen LogP contribution in [0.25, 0.3) is 0 Å². The second kappa shape index (κ2) is 7.77. The zero-order valence-electron chi connectivity index (χ0n) is 14.6. The predicted molar refractivity (Wildman–Crippen MR) is 87.3 cm³/mol. The fraction of sp³-hybridized carbons (Fsp3) is 1.00. The number of methoxy groups -OCH3 is 1. The van der Waals surface area contributed by atoms with Gasteiger partial charge in [0, 0.05) is 18.7 Å². The molecule has 0 aromatic carbocycles.